The highest BCUT2D eigenvalue weighted by atomic mass is 32.2. The molecule has 3 aromatic rings. The molecule has 1 aliphatic rings. The van der Waals surface area contributed by atoms with Crippen LogP contribution in [0.25, 0.3) is 5.82 Å². The Morgan fingerprint density at radius 3 is 2.70 bits per heavy atom. The third-order valence-electron chi connectivity index (χ3n) is 4.36. The number of ether oxygens (including phenoxy) is 2. The van der Waals surface area contributed by atoms with Gasteiger partial charge in [-0.3, -0.25) is 0 Å². The highest BCUT2D eigenvalue weighted by Gasteiger charge is 2.18. The van der Waals surface area contributed by atoms with Gasteiger partial charge >= 0.3 is 0 Å². The Kier molecular flexibility index (Phi) is 5.81. The fourth-order valence-electron chi connectivity index (χ4n) is 2.88. The molecule has 158 valence electrons. The first kappa shape index (κ1) is 20.1. The zero-order chi connectivity index (χ0) is 21.0. The van der Waals surface area contributed by atoms with Gasteiger partial charge in [-0.1, -0.05) is 0 Å². The van der Waals surface area contributed by atoms with Crippen LogP contribution < -0.4 is 19.5 Å². The predicted octanol–water partition coefficient (Wildman–Crippen LogP) is 1.52. The summed E-state index contributed by atoms with van der Waals surface area (Å²) in [5.74, 6) is 2.19. The van der Waals surface area contributed by atoms with E-state index in [4.69, 9.17) is 9.47 Å². The molecule has 4 rings (SSSR count). The summed E-state index contributed by atoms with van der Waals surface area (Å²) in [4.78, 5) is 8.47. The van der Waals surface area contributed by atoms with Crippen LogP contribution in [0.2, 0.25) is 0 Å². The summed E-state index contributed by atoms with van der Waals surface area (Å²) in [6.45, 7) is 3.46. The monoisotopic (exact) mass is 430 g/mol. The molecule has 30 heavy (non-hydrogen) atoms. The summed E-state index contributed by atoms with van der Waals surface area (Å²) in [6, 6.07) is 8.23. The molecule has 0 amide bonds. The fraction of sp³-hybridized carbons (Fsp3) is 0.316. The maximum atomic E-state index is 12.6. The third-order valence-corrected chi connectivity index (χ3v) is 5.82. The molecule has 0 saturated heterocycles. The van der Waals surface area contributed by atoms with Crippen molar-refractivity contribution >= 4 is 15.8 Å². The molecule has 1 aliphatic heterocycles. The van der Waals surface area contributed by atoms with Crippen LogP contribution in [-0.4, -0.2) is 54.5 Å². The Balaban J connectivity index is 1.35. The van der Waals surface area contributed by atoms with Gasteiger partial charge in [-0.2, -0.15) is 5.10 Å². The number of nitrogens with one attached hydrogen (secondary N) is 2. The average Bonchev–Trinajstić information content (AvgIpc) is 3.04. The Morgan fingerprint density at radius 2 is 1.90 bits per heavy atom. The van der Waals surface area contributed by atoms with Crippen molar-refractivity contribution in [3.63, 3.8) is 0 Å². The van der Waals surface area contributed by atoms with Gasteiger partial charge < -0.3 is 14.8 Å². The number of aromatic nitrogens is 4. The summed E-state index contributed by atoms with van der Waals surface area (Å²) in [7, 11) is -3.68. The van der Waals surface area contributed by atoms with Crippen LogP contribution >= 0.6 is 0 Å². The summed E-state index contributed by atoms with van der Waals surface area (Å²) in [6.07, 6.45) is 3.99. The standard InChI is InChI=1S/C19H22N6O4S/c1-14-5-8-25(24-14)19-12-18(21-13-22-19)20-6-7-23-30(26,27)15-3-4-16-17(11-15)29-10-2-9-28-16/h3-5,8,11-13,23H,2,6-7,9-10H2,1H3,(H,20,21,22). The molecule has 0 bridgehead atoms. The van der Waals surface area contributed by atoms with Crippen LogP contribution in [0, 0.1) is 6.92 Å². The van der Waals surface area contributed by atoms with Gasteiger partial charge in [-0.15, -0.1) is 0 Å². The molecule has 2 N–H and O–H groups in total. The van der Waals surface area contributed by atoms with Crippen LogP contribution in [0.3, 0.4) is 0 Å². The van der Waals surface area contributed by atoms with Crippen LogP contribution in [0.15, 0.2) is 47.8 Å². The predicted molar refractivity (Wildman–Crippen MR) is 110 cm³/mol. The van der Waals surface area contributed by atoms with Crippen molar-refractivity contribution in [3.05, 3.63) is 48.5 Å². The summed E-state index contributed by atoms with van der Waals surface area (Å²) in [5, 5.41) is 7.39. The molecule has 0 unspecified atom stereocenters. The number of benzene rings is 1. The van der Waals surface area contributed by atoms with E-state index in [0.29, 0.717) is 42.9 Å². The highest BCUT2D eigenvalue weighted by Crippen LogP contribution is 2.31. The van der Waals surface area contributed by atoms with Crippen LogP contribution in [-0.2, 0) is 10.0 Å². The van der Waals surface area contributed by atoms with Gasteiger partial charge in [-0.05, 0) is 25.1 Å². The second-order valence-corrected chi connectivity index (χ2v) is 8.41. The summed E-state index contributed by atoms with van der Waals surface area (Å²) >= 11 is 0. The van der Waals surface area contributed by atoms with Gasteiger partial charge in [0.25, 0.3) is 0 Å². The van der Waals surface area contributed by atoms with E-state index in [9.17, 15) is 8.42 Å². The zero-order valence-electron chi connectivity index (χ0n) is 16.4. The fourth-order valence-corrected chi connectivity index (χ4v) is 3.93. The SMILES string of the molecule is Cc1ccn(-c2cc(NCCNS(=O)(=O)c3ccc4c(c3)OCCCO4)ncn2)n1. The lowest BCUT2D eigenvalue weighted by atomic mass is 10.3. The highest BCUT2D eigenvalue weighted by molar-refractivity contribution is 7.89. The van der Waals surface area contributed by atoms with Gasteiger partial charge in [0.05, 0.1) is 23.8 Å². The summed E-state index contributed by atoms with van der Waals surface area (Å²) in [5.41, 5.74) is 0.882. The third kappa shape index (κ3) is 4.69. The Hall–Kier alpha value is -3.18. The number of fused-ring (bicyclic) bond motifs is 1. The van der Waals surface area contributed by atoms with E-state index in [-0.39, 0.29) is 11.4 Å². The molecule has 11 heteroatoms. The molecular formula is C19H22N6O4S. The number of hydrogen-bond donors (Lipinski definition) is 2. The van der Waals surface area contributed by atoms with E-state index < -0.39 is 10.0 Å². The van der Waals surface area contributed by atoms with Crippen LogP contribution in [0.5, 0.6) is 11.5 Å². The van der Waals surface area contributed by atoms with Crippen molar-refractivity contribution < 1.29 is 17.9 Å². The molecule has 2 aromatic heterocycles. The van der Waals surface area contributed by atoms with Crippen molar-refractivity contribution in [1.82, 2.24) is 24.5 Å². The number of anilines is 1. The van der Waals surface area contributed by atoms with Gasteiger partial charge in [0.15, 0.2) is 17.3 Å². The Labute approximate surface area is 174 Å². The van der Waals surface area contributed by atoms with Crippen molar-refractivity contribution in [1.29, 1.82) is 0 Å². The number of hydrogen-bond acceptors (Lipinski definition) is 8. The van der Waals surface area contributed by atoms with Gasteiger partial charge in [0, 0.05) is 37.8 Å². The largest absolute Gasteiger partial charge is 0.490 e. The van der Waals surface area contributed by atoms with Gasteiger partial charge in [0.1, 0.15) is 12.1 Å². The lowest BCUT2D eigenvalue weighted by molar-refractivity contribution is 0.297. The van der Waals surface area contributed by atoms with Crippen molar-refractivity contribution in [2.75, 3.05) is 31.6 Å². The van der Waals surface area contributed by atoms with Gasteiger partial charge in [0.2, 0.25) is 10.0 Å². The normalized spacial score (nSPS) is 13.6. The first-order valence-corrected chi connectivity index (χ1v) is 11.0. The maximum Gasteiger partial charge on any atom is 0.240 e. The van der Waals surface area contributed by atoms with Crippen LogP contribution in [0.4, 0.5) is 5.82 Å². The molecule has 10 nitrogen and oxygen atoms in total. The molecule has 0 fully saturated rings. The Bertz CT molecular complexity index is 1130. The minimum atomic E-state index is -3.68. The second-order valence-electron chi connectivity index (χ2n) is 6.65. The Morgan fingerprint density at radius 1 is 1.07 bits per heavy atom. The zero-order valence-corrected chi connectivity index (χ0v) is 17.2. The first-order valence-electron chi connectivity index (χ1n) is 9.49. The van der Waals surface area contributed by atoms with Gasteiger partial charge in [-0.25, -0.2) is 27.8 Å². The topological polar surface area (TPSA) is 120 Å². The minimum Gasteiger partial charge on any atom is -0.490 e. The second kappa shape index (κ2) is 8.67. The molecule has 0 aliphatic carbocycles. The molecule has 0 radical (unpaired) electrons. The van der Waals surface area contributed by atoms with Crippen molar-refractivity contribution in [2.24, 2.45) is 0 Å². The van der Waals surface area contributed by atoms with Crippen molar-refractivity contribution in [3.8, 4) is 17.3 Å². The van der Waals surface area contributed by atoms with Crippen LogP contribution in [0.1, 0.15) is 12.1 Å². The molecular weight excluding hydrogens is 408 g/mol. The quantitative estimate of drug-likeness (QED) is 0.542. The lowest BCUT2D eigenvalue weighted by Gasteiger charge is -2.11. The number of aryl methyl sites for hydroxylation is 1. The van der Waals surface area contributed by atoms with E-state index in [1.165, 1.54) is 18.5 Å². The van der Waals surface area contributed by atoms with E-state index in [2.05, 4.69) is 25.1 Å². The number of nitrogens with zero attached hydrogens (tertiary/aromatic N) is 4. The van der Waals surface area contributed by atoms with E-state index in [1.54, 1.807) is 16.8 Å². The maximum absolute atomic E-state index is 12.6. The first-order chi connectivity index (χ1) is 14.5. The molecule has 0 spiro atoms. The average molecular weight is 430 g/mol. The van der Waals surface area contributed by atoms with E-state index in [1.807, 2.05) is 19.2 Å². The molecule has 0 saturated carbocycles. The minimum absolute atomic E-state index is 0.130. The molecule has 0 atom stereocenters. The molecule has 1 aromatic carbocycles. The number of sulfonamides is 1. The molecule has 3 heterocycles. The summed E-state index contributed by atoms with van der Waals surface area (Å²) < 4.78 is 40.5. The lowest BCUT2D eigenvalue weighted by Crippen LogP contribution is -2.29. The number of rotatable bonds is 7. The van der Waals surface area contributed by atoms with E-state index in [0.717, 1.165) is 12.1 Å². The van der Waals surface area contributed by atoms with Crippen molar-refractivity contribution in [2.45, 2.75) is 18.2 Å². The smallest absolute Gasteiger partial charge is 0.240 e. The van der Waals surface area contributed by atoms with E-state index >= 15 is 0 Å².